The molecule has 0 aliphatic carbocycles. The Kier molecular flexibility index (Phi) is 6.51. The molecule has 0 spiro atoms. The fourth-order valence-electron chi connectivity index (χ4n) is 3.45. The van der Waals surface area contributed by atoms with Gasteiger partial charge in [-0.3, -0.25) is 4.79 Å². The van der Waals surface area contributed by atoms with Crippen molar-refractivity contribution in [2.24, 2.45) is 0 Å². The number of aryl methyl sites for hydroxylation is 1. The van der Waals surface area contributed by atoms with E-state index in [4.69, 9.17) is 5.73 Å². The van der Waals surface area contributed by atoms with Crippen molar-refractivity contribution in [2.75, 3.05) is 17.2 Å². The van der Waals surface area contributed by atoms with Crippen molar-refractivity contribution < 1.29 is 4.79 Å². The Morgan fingerprint density at radius 2 is 1.92 bits per heavy atom. The molecule has 1 amide bonds. The highest BCUT2D eigenvalue weighted by Crippen LogP contribution is 2.31. The van der Waals surface area contributed by atoms with E-state index in [-0.39, 0.29) is 30.7 Å². The summed E-state index contributed by atoms with van der Waals surface area (Å²) in [4.78, 5) is 19.0. The van der Waals surface area contributed by atoms with Crippen molar-refractivity contribution in [1.29, 1.82) is 0 Å². The number of rotatable bonds is 3. The average Bonchev–Trinajstić information content (AvgIpc) is 3.03. The molecule has 5 nitrogen and oxygen atoms in total. The summed E-state index contributed by atoms with van der Waals surface area (Å²) in [5.74, 6) is 0.138. The minimum absolute atomic E-state index is 0. The first-order valence-corrected chi connectivity index (χ1v) is 8.31. The van der Waals surface area contributed by atoms with Crippen LogP contribution in [0.25, 0.3) is 11.0 Å². The molecule has 1 aliphatic heterocycles. The topological polar surface area (TPSA) is 64.2 Å². The summed E-state index contributed by atoms with van der Waals surface area (Å²) in [6, 6.07) is 13.8. The fraction of sp³-hybridized carbons (Fsp3) is 0.263. The van der Waals surface area contributed by atoms with Crippen LogP contribution in [-0.4, -0.2) is 22.0 Å². The zero-order chi connectivity index (χ0) is 16.5. The highest BCUT2D eigenvalue weighted by molar-refractivity contribution is 5.95. The van der Waals surface area contributed by atoms with Crippen molar-refractivity contribution in [3.05, 3.63) is 54.4 Å². The zero-order valence-corrected chi connectivity index (χ0v) is 15.9. The second-order valence-electron chi connectivity index (χ2n) is 6.17. The number of nitrogens with zero attached hydrogens (tertiary/aromatic N) is 3. The number of para-hydroxylation sites is 2. The van der Waals surface area contributed by atoms with Gasteiger partial charge in [0.15, 0.2) is 0 Å². The van der Waals surface area contributed by atoms with Crippen LogP contribution < -0.4 is 10.6 Å². The highest BCUT2D eigenvalue weighted by atomic mass is 35.5. The summed E-state index contributed by atoms with van der Waals surface area (Å²) >= 11 is 0. The highest BCUT2D eigenvalue weighted by Gasteiger charge is 2.23. The normalized spacial score (nSPS) is 12.8. The number of anilines is 2. The number of amides is 1. The van der Waals surface area contributed by atoms with Gasteiger partial charge in [0.2, 0.25) is 5.91 Å². The van der Waals surface area contributed by atoms with E-state index in [0.29, 0.717) is 13.0 Å². The van der Waals surface area contributed by atoms with Gasteiger partial charge in [0.1, 0.15) is 0 Å². The van der Waals surface area contributed by atoms with Crippen LogP contribution in [0.4, 0.5) is 11.4 Å². The van der Waals surface area contributed by atoms with Crippen molar-refractivity contribution in [3.8, 4) is 0 Å². The third-order valence-electron chi connectivity index (χ3n) is 4.68. The zero-order valence-electron chi connectivity index (χ0n) is 14.3. The van der Waals surface area contributed by atoms with Gasteiger partial charge in [0, 0.05) is 30.9 Å². The number of fused-ring (bicyclic) bond motifs is 2. The first kappa shape index (κ1) is 20.1. The molecule has 0 atom stereocenters. The Hall–Kier alpha value is -2.24. The Balaban J connectivity index is 0.00000121. The summed E-state index contributed by atoms with van der Waals surface area (Å²) in [5, 5.41) is 0. The number of carbonyl (C=O) groups is 1. The Morgan fingerprint density at radius 3 is 2.77 bits per heavy atom. The Labute approximate surface area is 165 Å². The number of hydrogen-bond donors (Lipinski definition) is 1. The second-order valence-corrected chi connectivity index (χ2v) is 6.17. The average molecular weight is 393 g/mol. The Morgan fingerprint density at radius 1 is 1.12 bits per heavy atom. The molecule has 0 saturated carbocycles. The Bertz CT molecular complexity index is 909. The lowest BCUT2D eigenvalue weighted by Crippen LogP contribution is -2.36. The number of nitrogens with two attached hydrogens (primary N) is 1. The van der Waals surface area contributed by atoms with Crippen LogP contribution in [0.5, 0.6) is 0 Å². The van der Waals surface area contributed by atoms with E-state index in [1.165, 1.54) is 0 Å². The molecule has 4 rings (SSSR count). The monoisotopic (exact) mass is 392 g/mol. The number of carbonyl (C=O) groups excluding carboxylic acids is 1. The number of nitrogen functional groups attached to an aromatic ring is 1. The van der Waals surface area contributed by atoms with Gasteiger partial charge in [-0.2, -0.15) is 0 Å². The minimum atomic E-state index is 0. The molecule has 7 heteroatoms. The lowest BCUT2D eigenvalue weighted by molar-refractivity contribution is -0.118. The molecule has 2 N–H and O–H groups in total. The minimum Gasteiger partial charge on any atom is -0.398 e. The number of halogens is 2. The van der Waals surface area contributed by atoms with E-state index in [0.717, 1.165) is 47.4 Å². The van der Waals surface area contributed by atoms with E-state index >= 15 is 0 Å². The first-order chi connectivity index (χ1) is 11.7. The van der Waals surface area contributed by atoms with Crippen LogP contribution in [0.2, 0.25) is 0 Å². The van der Waals surface area contributed by atoms with Crippen molar-refractivity contribution in [2.45, 2.75) is 25.8 Å². The second kappa shape index (κ2) is 8.43. The molecule has 2 aromatic carbocycles. The van der Waals surface area contributed by atoms with Gasteiger partial charge >= 0.3 is 0 Å². The van der Waals surface area contributed by atoms with Gasteiger partial charge in [0.05, 0.1) is 17.4 Å². The molecule has 0 saturated heterocycles. The summed E-state index contributed by atoms with van der Waals surface area (Å²) in [5.41, 5.74) is 10.9. The summed E-state index contributed by atoms with van der Waals surface area (Å²) in [7, 11) is 0. The molecule has 0 bridgehead atoms. The van der Waals surface area contributed by atoms with Crippen LogP contribution in [0.3, 0.4) is 0 Å². The number of aromatic nitrogens is 2. The molecule has 138 valence electrons. The van der Waals surface area contributed by atoms with E-state index in [2.05, 4.69) is 4.98 Å². The van der Waals surface area contributed by atoms with Gasteiger partial charge < -0.3 is 15.2 Å². The third-order valence-corrected chi connectivity index (χ3v) is 4.68. The predicted molar refractivity (Wildman–Crippen MR) is 110 cm³/mol. The van der Waals surface area contributed by atoms with Gasteiger partial charge in [-0.25, -0.2) is 4.98 Å². The fourth-order valence-corrected chi connectivity index (χ4v) is 3.45. The van der Waals surface area contributed by atoms with Gasteiger partial charge in [-0.15, -0.1) is 24.8 Å². The predicted octanol–water partition coefficient (Wildman–Crippen LogP) is 3.83. The summed E-state index contributed by atoms with van der Waals surface area (Å²) in [6.07, 6.45) is 4.16. The maximum absolute atomic E-state index is 12.8. The van der Waals surface area contributed by atoms with E-state index < -0.39 is 0 Å². The van der Waals surface area contributed by atoms with E-state index in [1.807, 2.05) is 51.9 Å². The van der Waals surface area contributed by atoms with Crippen LogP contribution in [-0.2, 0) is 17.8 Å². The lowest BCUT2D eigenvalue weighted by Gasteiger charge is -2.30. The van der Waals surface area contributed by atoms with Crippen LogP contribution in [0.15, 0.2) is 48.8 Å². The molecule has 26 heavy (non-hydrogen) atoms. The molecule has 1 aromatic heterocycles. The van der Waals surface area contributed by atoms with Gasteiger partial charge in [-0.1, -0.05) is 18.2 Å². The van der Waals surface area contributed by atoms with Crippen molar-refractivity contribution in [3.63, 3.8) is 0 Å². The van der Waals surface area contributed by atoms with Crippen molar-refractivity contribution >= 4 is 53.1 Å². The number of benzene rings is 2. The lowest BCUT2D eigenvalue weighted by atomic mass is 9.99. The molecule has 0 unspecified atom stereocenters. The largest absolute Gasteiger partial charge is 0.398 e. The molecule has 0 radical (unpaired) electrons. The number of imidazole rings is 1. The van der Waals surface area contributed by atoms with Crippen LogP contribution in [0.1, 0.15) is 18.4 Å². The first-order valence-electron chi connectivity index (χ1n) is 8.31. The standard InChI is InChI=1S/C19H20N4O.2ClH/c20-15-6-3-9-17-14(15)5-4-11-23(17)19(24)10-12-22-13-21-16-7-1-2-8-18(16)22;;/h1-3,6-9,13H,4-5,10-12,20H2;2*1H. The quantitative estimate of drug-likeness (QED) is 0.688. The van der Waals surface area contributed by atoms with Gasteiger partial charge in [-0.05, 0) is 42.7 Å². The molecule has 3 aromatic rings. The summed E-state index contributed by atoms with van der Waals surface area (Å²) in [6.45, 7) is 1.40. The van der Waals surface area contributed by atoms with Crippen LogP contribution in [0, 0.1) is 0 Å². The van der Waals surface area contributed by atoms with Crippen LogP contribution >= 0.6 is 24.8 Å². The van der Waals surface area contributed by atoms with Gasteiger partial charge in [0.25, 0.3) is 0 Å². The third kappa shape index (κ3) is 3.64. The maximum Gasteiger partial charge on any atom is 0.228 e. The molecular formula is C19H22Cl2N4O. The molecular weight excluding hydrogens is 371 g/mol. The smallest absolute Gasteiger partial charge is 0.228 e. The molecule has 0 fully saturated rings. The van der Waals surface area contributed by atoms with Crippen molar-refractivity contribution in [1.82, 2.24) is 9.55 Å². The maximum atomic E-state index is 12.8. The SMILES string of the molecule is Cl.Cl.Nc1cccc2c1CCCN2C(=O)CCn1cnc2ccccc21. The molecule has 1 aliphatic rings. The van der Waals surface area contributed by atoms with E-state index in [9.17, 15) is 4.79 Å². The summed E-state index contributed by atoms with van der Waals surface area (Å²) < 4.78 is 2.04. The number of hydrogen-bond acceptors (Lipinski definition) is 3. The van der Waals surface area contributed by atoms with E-state index in [1.54, 1.807) is 6.33 Å². The molecule has 2 heterocycles.